The van der Waals surface area contributed by atoms with Gasteiger partial charge in [-0.2, -0.15) is 0 Å². The number of Topliss-reactive ketones (excluding diaryl/α,β-unsaturated/α-hetero) is 1. The normalized spacial score (nSPS) is 16.7. The molecule has 4 nitrogen and oxygen atoms in total. The molecule has 0 saturated heterocycles. The van der Waals surface area contributed by atoms with Crippen LogP contribution in [-0.2, 0) is 11.8 Å². The Bertz CT molecular complexity index is 1100. The van der Waals surface area contributed by atoms with E-state index in [1.807, 2.05) is 19.9 Å². The van der Waals surface area contributed by atoms with Gasteiger partial charge < -0.3 is 14.6 Å². The third-order valence-corrected chi connectivity index (χ3v) is 6.40. The van der Waals surface area contributed by atoms with Crippen LogP contribution in [0.1, 0.15) is 47.3 Å². The van der Waals surface area contributed by atoms with Crippen LogP contribution >= 0.6 is 15.9 Å². The molecule has 0 radical (unpaired) electrons. The summed E-state index contributed by atoms with van der Waals surface area (Å²) in [7, 11) is 0. The first kappa shape index (κ1) is 21.9. The summed E-state index contributed by atoms with van der Waals surface area (Å²) in [4.78, 5) is 13.4. The van der Waals surface area contributed by atoms with Gasteiger partial charge in [0.15, 0.2) is 5.78 Å². The molecule has 31 heavy (non-hydrogen) atoms. The first-order chi connectivity index (χ1) is 14.5. The highest BCUT2D eigenvalue weighted by Crippen LogP contribution is 2.51. The van der Waals surface area contributed by atoms with E-state index >= 15 is 0 Å². The summed E-state index contributed by atoms with van der Waals surface area (Å²) < 4.78 is 48.3. The number of aliphatic hydroxyl groups excluding tert-OH is 1. The molecular weight excluding hydrogens is 477 g/mol. The highest BCUT2D eigenvalue weighted by atomic mass is 79.9. The standard InChI is InChI=1S/C23H20BrF3O4/c1-22(2)16-11-19(30-7-3-6-28)18(24)10-15(16)21(29)20-14-5-4-13(31-23(25,26)27)8-12(14)9-17(20)22/h4-5,8,10-11,28H,3,6-7,9H2,1-2H3. The summed E-state index contributed by atoms with van der Waals surface area (Å²) in [6.45, 7) is 4.35. The molecule has 2 aromatic rings. The smallest absolute Gasteiger partial charge is 0.492 e. The SMILES string of the molecule is CC1(C)C2=C(C(=O)c3cc(Br)c(OCCCO)cc31)c1ccc(OC(F)(F)F)cc1C2. The minimum Gasteiger partial charge on any atom is -0.492 e. The van der Waals surface area contributed by atoms with Crippen LogP contribution in [0.5, 0.6) is 11.5 Å². The minimum atomic E-state index is -4.77. The zero-order chi connectivity index (χ0) is 22.6. The Kier molecular flexibility index (Phi) is 5.42. The van der Waals surface area contributed by atoms with Gasteiger partial charge in [0.25, 0.3) is 0 Å². The number of hydrogen-bond donors (Lipinski definition) is 1. The lowest BCUT2D eigenvalue weighted by molar-refractivity contribution is -0.274. The Balaban J connectivity index is 1.74. The highest BCUT2D eigenvalue weighted by Gasteiger charge is 2.43. The van der Waals surface area contributed by atoms with E-state index in [9.17, 15) is 18.0 Å². The van der Waals surface area contributed by atoms with E-state index < -0.39 is 11.8 Å². The molecule has 1 N–H and O–H groups in total. The molecule has 0 bridgehead atoms. The zero-order valence-electron chi connectivity index (χ0n) is 16.9. The summed E-state index contributed by atoms with van der Waals surface area (Å²) in [6, 6.07) is 7.69. The molecule has 164 valence electrons. The molecule has 0 atom stereocenters. The largest absolute Gasteiger partial charge is 0.573 e. The van der Waals surface area contributed by atoms with Gasteiger partial charge in [0.2, 0.25) is 0 Å². The quantitative estimate of drug-likeness (QED) is 0.548. The van der Waals surface area contributed by atoms with Crippen LogP contribution in [0.2, 0.25) is 0 Å². The van der Waals surface area contributed by atoms with E-state index in [1.165, 1.54) is 18.2 Å². The van der Waals surface area contributed by atoms with Crippen LogP contribution in [0, 0.1) is 0 Å². The molecule has 0 fully saturated rings. The number of rotatable bonds is 5. The Hall–Kier alpha value is -2.32. The number of hydrogen-bond acceptors (Lipinski definition) is 4. The minimum absolute atomic E-state index is 0.0150. The fourth-order valence-electron chi connectivity index (χ4n) is 4.30. The van der Waals surface area contributed by atoms with Gasteiger partial charge >= 0.3 is 6.36 Å². The topological polar surface area (TPSA) is 55.8 Å². The van der Waals surface area contributed by atoms with E-state index in [0.29, 0.717) is 51.9 Å². The van der Waals surface area contributed by atoms with Gasteiger partial charge in [0.05, 0.1) is 11.1 Å². The van der Waals surface area contributed by atoms with Crippen LogP contribution in [0.4, 0.5) is 13.2 Å². The van der Waals surface area contributed by atoms with Crippen molar-refractivity contribution in [3.05, 3.63) is 62.6 Å². The van der Waals surface area contributed by atoms with Gasteiger partial charge in [-0.25, -0.2) is 0 Å². The summed E-state index contributed by atoms with van der Waals surface area (Å²) in [6.07, 6.45) is -3.92. The lowest BCUT2D eigenvalue weighted by Gasteiger charge is -2.35. The maximum atomic E-state index is 13.4. The highest BCUT2D eigenvalue weighted by molar-refractivity contribution is 9.10. The van der Waals surface area contributed by atoms with Crippen molar-refractivity contribution in [1.82, 2.24) is 0 Å². The average molecular weight is 497 g/mol. The first-order valence-electron chi connectivity index (χ1n) is 9.78. The van der Waals surface area contributed by atoms with Crippen molar-refractivity contribution in [2.45, 2.75) is 38.5 Å². The van der Waals surface area contributed by atoms with E-state index in [4.69, 9.17) is 9.84 Å². The predicted octanol–water partition coefficient (Wildman–Crippen LogP) is 5.59. The third-order valence-electron chi connectivity index (χ3n) is 5.78. The number of carbonyl (C=O) groups is 1. The second-order valence-electron chi connectivity index (χ2n) is 8.11. The van der Waals surface area contributed by atoms with Crippen molar-refractivity contribution in [2.75, 3.05) is 13.2 Å². The maximum Gasteiger partial charge on any atom is 0.573 e. The van der Waals surface area contributed by atoms with Crippen LogP contribution in [-0.4, -0.2) is 30.5 Å². The fourth-order valence-corrected chi connectivity index (χ4v) is 4.76. The van der Waals surface area contributed by atoms with Crippen LogP contribution in [0.25, 0.3) is 5.57 Å². The molecule has 0 saturated carbocycles. The number of carbonyl (C=O) groups excluding carboxylic acids is 1. The van der Waals surface area contributed by atoms with Crippen LogP contribution in [0.15, 0.2) is 40.4 Å². The summed E-state index contributed by atoms with van der Waals surface area (Å²) in [5.41, 5.74) is 3.51. The number of allylic oxidation sites excluding steroid dienone is 2. The number of benzene rings is 2. The van der Waals surface area contributed by atoms with E-state index in [0.717, 1.165) is 11.1 Å². The lowest BCUT2D eigenvalue weighted by atomic mass is 9.68. The molecule has 0 amide bonds. The number of aliphatic hydroxyl groups is 1. The fraction of sp³-hybridized carbons (Fsp3) is 0.348. The first-order valence-corrected chi connectivity index (χ1v) is 10.6. The molecule has 0 aromatic heterocycles. The molecule has 0 aliphatic heterocycles. The van der Waals surface area contributed by atoms with Crippen molar-refractivity contribution < 1.29 is 32.5 Å². The van der Waals surface area contributed by atoms with E-state index in [1.54, 1.807) is 6.07 Å². The molecule has 2 aromatic carbocycles. The van der Waals surface area contributed by atoms with Gasteiger partial charge in [-0.15, -0.1) is 13.2 Å². The van der Waals surface area contributed by atoms with Gasteiger partial charge in [0, 0.05) is 29.6 Å². The molecule has 0 spiro atoms. The summed E-state index contributed by atoms with van der Waals surface area (Å²) in [5, 5.41) is 8.98. The predicted molar refractivity (Wildman–Crippen MR) is 112 cm³/mol. The van der Waals surface area contributed by atoms with Gasteiger partial charge in [0.1, 0.15) is 11.5 Å². The molecule has 4 rings (SSSR count). The molecule has 2 aliphatic carbocycles. The van der Waals surface area contributed by atoms with Crippen molar-refractivity contribution in [3.8, 4) is 11.5 Å². The number of ketones is 1. The second-order valence-corrected chi connectivity index (χ2v) is 8.96. The lowest BCUT2D eigenvalue weighted by Crippen LogP contribution is -2.30. The number of alkyl halides is 3. The van der Waals surface area contributed by atoms with Crippen molar-refractivity contribution in [1.29, 1.82) is 0 Å². The van der Waals surface area contributed by atoms with Gasteiger partial charge in [-0.05, 0) is 68.9 Å². The Morgan fingerprint density at radius 1 is 1.16 bits per heavy atom. The number of ether oxygens (including phenoxy) is 2. The molecule has 0 unspecified atom stereocenters. The molecule has 8 heteroatoms. The summed E-state index contributed by atoms with van der Waals surface area (Å²) >= 11 is 3.46. The van der Waals surface area contributed by atoms with Crippen molar-refractivity contribution >= 4 is 27.3 Å². The van der Waals surface area contributed by atoms with Gasteiger partial charge in [-0.3, -0.25) is 4.79 Å². The number of fused-ring (bicyclic) bond motifs is 3. The Morgan fingerprint density at radius 2 is 1.90 bits per heavy atom. The average Bonchev–Trinajstić information content (AvgIpc) is 3.06. The third kappa shape index (κ3) is 3.87. The van der Waals surface area contributed by atoms with Crippen molar-refractivity contribution in [2.24, 2.45) is 0 Å². The molecular formula is C23H20BrF3O4. The Morgan fingerprint density at radius 3 is 2.58 bits per heavy atom. The second kappa shape index (κ2) is 7.67. The van der Waals surface area contributed by atoms with Crippen LogP contribution < -0.4 is 9.47 Å². The van der Waals surface area contributed by atoms with Crippen LogP contribution in [0.3, 0.4) is 0 Å². The number of halogens is 4. The molecule has 0 heterocycles. The van der Waals surface area contributed by atoms with E-state index in [-0.39, 0.29) is 18.1 Å². The monoisotopic (exact) mass is 496 g/mol. The Labute approximate surface area is 185 Å². The van der Waals surface area contributed by atoms with Gasteiger partial charge in [-0.1, -0.05) is 19.9 Å². The maximum absolute atomic E-state index is 13.4. The zero-order valence-corrected chi connectivity index (χ0v) is 18.5. The summed E-state index contributed by atoms with van der Waals surface area (Å²) in [5.74, 6) is 0.125. The van der Waals surface area contributed by atoms with Crippen molar-refractivity contribution in [3.63, 3.8) is 0 Å². The molecule has 2 aliphatic rings. The van der Waals surface area contributed by atoms with E-state index in [2.05, 4.69) is 20.7 Å².